The van der Waals surface area contributed by atoms with Gasteiger partial charge in [-0.05, 0) is 61.4 Å². The number of amides is 2. The van der Waals surface area contributed by atoms with Crippen molar-refractivity contribution in [2.75, 3.05) is 4.90 Å². The number of benzene rings is 2. The Morgan fingerprint density at radius 2 is 1.78 bits per heavy atom. The molecular formula is C24H24F4N6O2. The van der Waals surface area contributed by atoms with Crippen LogP contribution in [0.3, 0.4) is 0 Å². The Bertz CT molecular complexity index is 1220. The van der Waals surface area contributed by atoms with Gasteiger partial charge in [0.05, 0.1) is 11.3 Å². The van der Waals surface area contributed by atoms with Crippen LogP contribution < -0.4 is 10.2 Å². The van der Waals surface area contributed by atoms with Crippen molar-refractivity contribution >= 4 is 17.5 Å². The third-order valence-electron chi connectivity index (χ3n) is 6.04. The van der Waals surface area contributed by atoms with E-state index in [2.05, 4.69) is 20.7 Å². The Kier molecular flexibility index (Phi) is 7.32. The number of carbonyl (C=O) groups excluding carboxylic acids is 2. The first-order valence-electron chi connectivity index (χ1n) is 11.5. The molecular weight excluding hydrogens is 480 g/mol. The maximum atomic E-state index is 13.8. The number of carbonyl (C=O) groups is 2. The van der Waals surface area contributed by atoms with Crippen LogP contribution in [0.15, 0.2) is 48.5 Å². The largest absolute Gasteiger partial charge is 0.418 e. The molecule has 36 heavy (non-hydrogen) atoms. The van der Waals surface area contributed by atoms with Gasteiger partial charge < -0.3 is 5.32 Å². The summed E-state index contributed by atoms with van der Waals surface area (Å²) in [6.07, 6.45) is -1.29. The van der Waals surface area contributed by atoms with E-state index in [1.54, 1.807) is 0 Å². The molecule has 8 nitrogen and oxygen atoms in total. The van der Waals surface area contributed by atoms with Gasteiger partial charge in [-0.15, -0.1) is 10.2 Å². The smallest absolute Gasteiger partial charge is 0.352 e. The summed E-state index contributed by atoms with van der Waals surface area (Å²) >= 11 is 0. The Hall–Kier alpha value is -3.83. The van der Waals surface area contributed by atoms with Gasteiger partial charge in [-0.3, -0.25) is 14.5 Å². The van der Waals surface area contributed by atoms with Crippen LogP contribution in [0.4, 0.5) is 23.2 Å². The van der Waals surface area contributed by atoms with Crippen LogP contribution in [0, 0.1) is 5.82 Å². The van der Waals surface area contributed by atoms with Crippen molar-refractivity contribution in [1.29, 1.82) is 0 Å². The maximum Gasteiger partial charge on any atom is 0.418 e. The number of anilines is 1. The lowest BCUT2D eigenvalue weighted by molar-refractivity contribution is -0.137. The SMILES string of the molecule is C[C@H](C(=O)NC1CCCC1)N(C(=O)Cn1nnc(-c2ccc(F)cc2)n1)c1ccccc1C(F)(F)F. The summed E-state index contributed by atoms with van der Waals surface area (Å²) in [5.74, 6) is -1.73. The molecule has 1 heterocycles. The van der Waals surface area contributed by atoms with Crippen LogP contribution in [-0.2, 0) is 22.3 Å². The van der Waals surface area contributed by atoms with E-state index in [1.807, 2.05) is 0 Å². The van der Waals surface area contributed by atoms with Crippen LogP contribution >= 0.6 is 0 Å². The van der Waals surface area contributed by atoms with E-state index in [-0.39, 0.29) is 11.9 Å². The van der Waals surface area contributed by atoms with E-state index in [0.29, 0.717) is 5.56 Å². The second-order valence-electron chi connectivity index (χ2n) is 8.59. The van der Waals surface area contributed by atoms with Crippen molar-refractivity contribution in [3.05, 3.63) is 59.9 Å². The second-order valence-corrected chi connectivity index (χ2v) is 8.59. The fourth-order valence-electron chi connectivity index (χ4n) is 4.21. The van der Waals surface area contributed by atoms with Crippen molar-refractivity contribution < 1.29 is 27.2 Å². The minimum atomic E-state index is -4.75. The molecule has 190 valence electrons. The lowest BCUT2D eigenvalue weighted by atomic mass is 10.1. The van der Waals surface area contributed by atoms with Gasteiger partial charge in [-0.25, -0.2) is 4.39 Å². The summed E-state index contributed by atoms with van der Waals surface area (Å²) in [7, 11) is 0. The molecule has 4 rings (SSSR count). The number of hydrogen-bond acceptors (Lipinski definition) is 5. The number of para-hydroxylation sites is 1. The Balaban J connectivity index is 1.62. The maximum absolute atomic E-state index is 13.8. The molecule has 0 bridgehead atoms. The van der Waals surface area contributed by atoms with Crippen LogP contribution in [0.25, 0.3) is 11.4 Å². The molecule has 12 heteroatoms. The fraction of sp³-hybridized carbons (Fsp3) is 0.375. The molecule has 3 aromatic rings. The highest BCUT2D eigenvalue weighted by molar-refractivity contribution is 6.01. The minimum absolute atomic E-state index is 0.0787. The number of nitrogens with zero attached hydrogens (tertiary/aromatic N) is 5. The average Bonchev–Trinajstić information content (AvgIpc) is 3.52. The van der Waals surface area contributed by atoms with Crippen molar-refractivity contribution in [3.63, 3.8) is 0 Å². The molecule has 1 aromatic heterocycles. The molecule has 0 aliphatic heterocycles. The highest BCUT2D eigenvalue weighted by atomic mass is 19.4. The van der Waals surface area contributed by atoms with Crippen molar-refractivity contribution in [2.45, 2.75) is 57.4 Å². The van der Waals surface area contributed by atoms with Crippen LogP contribution in [0.1, 0.15) is 38.2 Å². The van der Waals surface area contributed by atoms with Crippen LogP contribution in [-0.4, -0.2) is 44.1 Å². The van der Waals surface area contributed by atoms with E-state index in [0.717, 1.165) is 47.5 Å². The van der Waals surface area contributed by atoms with E-state index in [4.69, 9.17) is 0 Å². The van der Waals surface area contributed by atoms with Crippen molar-refractivity contribution in [2.24, 2.45) is 0 Å². The van der Waals surface area contributed by atoms with Gasteiger partial charge in [0.15, 0.2) is 0 Å². The van der Waals surface area contributed by atoms with Gasteiger partial charge in [-0.2, -0.15) is 18.0 Å². The molecule has 0 unspecified atom stereocenters. The number of rotatable bonds is 7. The molecule has 1 atom stereocenters. The number of halogens is 4. The number of hydrogen-bond donors (Lipinski definition) is 1. The topological polar surface area (TPSA) is 93.0 Å². The molecule has 1 saturated carbocycles. The normalized spacial score (nSPS) is 15.0. The molecule has 1 aliphatic carbocycles. The number of aromatic nitrogens is 4. The standard InChI is InChI=1S/C24H24F4N6O2/c1-15(23(36)29-18-6-2-3-7-18)34(20-9-5-4-8-19(20)24(26,27)28)21(35)14-33-31-22(30-32-33)16-10-12-17(25)13-11-16/h4-5,8-13,15,18H,2-3,6-7,14H2,1H3,(H,29,36)/t15-/m1/s1. The zero-order valence-corrected chi connectivity index (χ0v) is 19.4. The lowest BCUT2D eigenvalue weighted by Crippen LogP contribution is -2.51. The average molecular weight is 504 g/mol. The molecule has 0 radical (unpaired) electrons. The number of tetrazole rings is 1. The molecule has 0 saturated heterocycles. The monoisotopic (exact) mass is 504 g/mol. The molecule has 1 aliphatic rings. The first kappa shape index (κ1) is 25.3. The van der Waals surface area contributed by atoms with E-state index < -0.39 is 47.6 Å². The summed E-state index contributed by atoms with van der Waals surface area (Å²) in [5, 5.41) is 14.6. The van der Waals surface area contributed by atoms with Gasteiger partial charge in [0.2, 0.25) is 11.7 Å². The zero-order chi connectivity index (χ0) is 25.9. The number of nitrogens with one attached hydrogen (secondary N) is 1. The molecule has 1 N–H and O–H groups in total. The number of alkyl halides is 3. The van der Waals surface area contributed by atoms with Gasteiger partial charge in [0.25, 0.3) is 5.91 Å². The second kappa shape index (κ2) is 10.4. The van der Waals surface area contributed by atoms with Gasteiger partial charge >= 0.3 is 6.18 Å². The Morgan fingerprint density at radius 1 is 1.11 bits per heavy atom. The highest BCUT2D eigenvalue weighted by Crippen LogP contribution is 2.37. The molecule has 1 fully saturated rings. The Labute approximate surface area is 204 Å². The third kappa shape index (κ3) is 5.69. The first-order chi connectivity index (χ1) is 17.1. The fourth-order valence-corrected chi connectivity index (χ4v) is 4.21. The molecule has 2 amide bonds. The predicted molar refractivity (Wildman–Crippen MR) is 122 cm³/mol. The van der Waals surface area contributed by atoms with Crippen molar-refractivity contribution in [3.8, 4) is 11.4 Å². The Morgan fingerprint density at radius 3 is 2.44 bits per heavy atom. The third-order valence-corrected chi connectivity index (χ3v) is 6.04. The van der Waals surface area contributed by atoms with E-state index in [1.165, 1.54) is 43.3 Å². The van der Waals surface area contributed by atoms with E-state index in [9.17, 15) is 27.2 Å². The lowest BCUT2D eigenvalue weighted by Gasteiger charge is -2.31. The minimum Gasteiger partial charge on any atom is -0.352 e. The zero-order valence-electron chi connectivity index (χ0n) is 19.4. The summed E-state index contributed by atoms with van der Waals surface area (Å²) in [4.78, 5) is 28.1. The van der Waals surface area contributed by atoms with Gasteiger partial charge in [0.1, 0.15) is 18.4 Å². The predicted octanol–water partition coefficient (Wildman–Crippen LogP) is 3.98. The van der Waals surface area contributed by atoms with Crippen LogP contribution in [0.2, 0.25) is 0 Å². The molecule has 0 spiro atoms. The highest BCUT2D eigenvalue weighted by Gasteiger charge is 2.39. The summed E-state index contributed by atoms with van der Waals surface area (Å²) in [6, 6.07) is 8.56. The van der Waals surface area contributed by atoms with Crippen molar-refractivity contribution in [1.82, 2.24) is 25.5 Å². The van der Waals surface area contributed by atoms with Crippen LogP contribution in [0.5, 0.6) is 0 Å². The molecule has 2 aromatic carbocycles. The summed E-state index contributed by atoms with van der Waals surface area (Å²) in [5.41, 5.74) is -1.04. The van der Waals surface area contributed by atoms with Gasteiger partial charge in [-0.1, -0.05) is 25.0 Å². The quantitative estimate of drug-likeness (QED) is 0.492. The first-order valence-corrected chi connectivity index (χ1v) is 11.5. The van der Waals surface area contributed by atoms with Gasteiger partial charge in [0, 0.05) is 11.6 Å². The summed E-state index contributed by atoms with van der Waals surface area (Å²) in [6.45, 7) is 0.815. The summed E-state index contributed by atoms with van der Waals surface area (Å²) < 4.78 is 54.6. The van der Waals surface area contributed by atoms with E-state index >= 15 is 0 Å².